The van der Waals surface area contributed by atoms with Crippen molar-refractivity contribution in [1.82, 2.24) is 4.73 Å². The first-order valence-electron chi connectivity index (χ1n) is 6.48. The van der Waals surface area contributed by atoms with Gasteiger partial charge in [0.1, 0.15) is 0 Å². The highest BCUT2D eigenvalue weighted by atomic mass is 79.9. The second kappa shape index (κ2) is 5.61. The molecule has 1 aromatic heterocycles. The number of nitrogens with zero attached hydrogens (tertiary/aromatic N) is 1. The highest BCUT2D eigenvalue weighted by Gasteiger charge is 2.12. The van der Waals surface area contributed by atoms with Gasteiger partial charge in [-0.2, -0.15) is 4.73 Å². The van der Waals surface area contributed by atoms with Crippen LogP contribution in [0.25, 0.3) is 10.9 Å². The van der Waals surface area contributed by atoms with Crippen LogP contribution in [0.15, 0.2) is 59.2 Å². The fourth-order valence-corrected chi connectivity index (χ4v) is 2.69. The zero-order valence-electron chi connectivity index (χ0n) is 11.1. The first kappa shape index (κ1) is 13.7. The largest absolute Gasteiger partial charge is 0.428 e. The van der Waals surface area contributed by atoms with Crippen LogP contribution in [-0.4, -0.2) is 15.8 Å². The number of carbonyl (C=O) groups excluding carboxylic acids is 1. The molecule has 0 saturated heterocycles. The monoisotopic (exact) mass is 344 g/mol. The van der Waals surface area contributed by atoms with E-state index in [1.165, 1.54) is 0 Å². The number of aromatic nitrogens is 1. The zero-order chi connectivity index (χ0) is 14.8. The van der Waals surface area contributed by atoms with E-state index in [-0.39, 0.29) is 12.3 Å². The molecule has 0 aliphatic carbocycles. The van der Waals surface area contributed by atoms with Crippen molar-refractivity contribution in [2.45, 2.75) is 6.42 Å². The van der Waals surface area contributed by atoms with Crippen LogP contribution in [0.5, 0.6) is 0 Å². The first-order valence-corrected chi connectivity index (χ1v) is 7.27. The summed E-state index contributed by atoms with van der Waals surface area (Å²) in [5.74, 6) is -0.127. The normalized spacial score (nSPS) is 10.7. The molecule has 0 saturated carbocycles. The van der Waals surface area contributed by atoms with Crippen molar-refractivity contribution in [1.29, 1.82) is 0 Å². The third kappa shape index (κ3) is 2.78. The summed E-state index contributed by atoms with van der Waals surface area (Å²) in [5.41, 5.74) is 2.22. The second-order valence-corrected chi connectivity index (χ2v) is 5.58. The van der Waals surface area contributed by atoms with Gasteiger partial charge in [-0.05, 0) is 39.7 Å². The molecule has 0 atom stereocenters. The average molecular weight is 345 g/mol. The van der Waals surface area contributed by atoms with E-state index in [0.29, 0.717) is 5.52 Å². The zero-order valence-corrected chi connectivity index (χ0v) is 12.7. The van der Waals surface area contributed by atoms with Crippen LogP contribution >= 0.6 is 15.9 Å². The van der Waals surface area contributed by atoms with Crippen molar-refractivity contribution in [3.05, 3.63) is 64.8 Å². The van der Waals surface area contributed by atoms with Gasteiger partial charge >= 0.3 is 0 Å². The minimum atomic E-state index is -0.127. The van der Waals surface area contributed by atoms with E-state index in [4.69, 9.17) is 0 Å². The Bertz CT molecular complexity index is 811. The maximum atomic E-state index is 12.2. The Hall–Kier alpha value is -2.27. The predicted octanol–water partition coefficient (Wildman–Crippen LogP) is 3.82. The molecule has 0 aliphatic heterocycles. The lowest BCUT2D eigenvalue weighted by Crippen LogP contribution is -2.14. The average Bonchev–Trinajstić information content (AvgIpc) is 2.79. The first-order chi connectivity index (χ1) is 10.1. The smallest absolute Gasteiger partial charge is 0.228 e. The lowest BCUT2D eigenvalue weighted by molar-refractivity contribution is -0.115. The van der Waals surface area contributed by atoms with Crippen molar-refractivity contribution in [3.63, 3.8) is 0 Å². The molecule has 0 bridgehead atoms. The maximum Gasteiger partial charge on any atom is 0.228 e. The quantitative estimate of drug-likeness (QED) is 0.709. The molecule has 21 heavy (non-hydrogen) atoms. The van der Waals surface area contributed by atoms with Crippen molar-refractivity contribution in [3.8, 4) is 0 Å². The fraction of sp³-hybridized carbons (Fsp3) is 0.0625. The molecule has 106 valence electrons. The van der Waals surface area contributed by atoms with Gasteiger partial charge in [-0.1, -0.05) is 30.3 Å². The van der Waals surface area contributed by atoms with Gasteiger partial charge in [-0.15, -0.1) is 0 Å². The Morgan fingerprint density at radius 3 is 2.67 bits per heavy atom. The Kier molecular flexibility index (Phi) is 3.66. The van der Waals surface area contributed by atoms with Crippen LogP contribution in [0.3, 0.4) is 0 Å². The Labute approximate surface area is 130 Å². The third-order valence-electron chi connectivity index (χ3n) is 3.27. The van der Waals surface area contributed by atoms with Gasteiger partial charge in [-0.25, -0.2) is 0 Å². The molecular weight excluding hydrogens is 332 g/mol. The number of hydrogen-bond acceptors (Lipinski definition) is 2. The predicted molar refractivity (Wildman–Crippen MR) is 85.6 cm³/mol. The van der Waals surface area contributed by atoms with Gasteiger partial charge in [0.05, 0.1) is 17.6 Å². The molecule has 5 heteroatoms. The number of hydrogen-bond donors (Lipinski definition) is 2. The molecular formula is C16H13BrN2O2. The van der Waals surface area contributed by atoms with E-state index in [2.05, 4.69) is 21.2 Å². The summed E-state index contributed by atoms with van der Waals surface area (Å²) in [7, 11) is 0. The molecule has 3 rings (SSSR count). The molecule has 0 aliphatic rings. The summed E-state index contributed by atoms with van der Waals surface area (Å²) in [6.45, 7) is 0. The van der Waals surface area contributed by atoms with E-state index in [0.717, 1.165) is 25.8 Å². The molecule has 0 unspecified atom stereocenters. The second-order valence-electron chi connectivity index (χ2n) is 4.72. The third-order valence-corrected chi connectivity index (χ3v) is 3.97. The van der Waals surface area contributed by atoms with E-state index >= 15 is 0 Å². The molecule has 0 fully saturated rings. The minimum Gasteiger partial charge on any atom is -0.428 e. The number of fused-ring (bicyclic) bond motifs is 1. The topological polar surface area (TPSA) is 54.3 Å². The fourth-order valence-electron chi connectivity index (χ4n) is 2.30. The van der Waals surface area contributed by atoms with Crippen molar-refractivity contribution in [2.75, 3.05) is 5.32 Å². The van der Waals surface area contributed by atoms with E-state index < -0.39 is 0 Å². The lowest BCUT2D eigenvalue weighted by Gasteiger charge is -2.06. The van der Waals surface area contributed by atoms with Gasteiger partial charge < -0.3 is 10.5 Å². The van der Waals surface area contributed by atoms with E-state index in [9.17, 15) is 10.0 Å². The summed E-state index contributed by atoms with van der Waals surface area (Å²) in [6, 6.07) is 14.9. The number of amides is 1. The Balaban J connectivity index is 1.82. The highest BCUT2D eigenvalue weighted by molar-refractivity contribution is 9.10. The molecule has 0 radical (unpaired) electrons. The maximum absolute atomic E-state index is 12.2. The molecule has 2 aromatic carbocycles. The summed E-state index contributed by atoms with van der Waals surface area (Å²) >= 11 is 3.40. The summed E-state index contributed by atoms with van der Waals surface area (Å²) in [5, 5.41) is 13.5. The number of halogens is 1. The highest BCUT2D eigenvalue weighted by Crippen LogP contribution is 2.23. The Morgan fingerprint density at radius 2 is 1.86 bits per heavy atom. The molecule has 3 aromatic rings. The minimum absolute atomic E-state index is 0.127. The summed E-state index contributed by atoms with van der Waals surface area (Å²) < 4.78 is 1.89. The van der Waals surface area contributed by atoms with Gasteiger partial charge in [0, 0.05) is 16.1 Å². The van der Waals surface area contributed by atoms with Crippen LogP contribution < -0.4 is 5.32 Å². The summed E-state index contributed by atoms with van der Waals surface area (Å²) in [4.78, 5) is 12.2. The van der Waals surface area contributed by atoms with Crippen LogP contribution in [-0.2, 0) is 11.2 Å². The number of benzene rings is 2. The molecule has 2 N–H and O–H groups in total. The van der Waals surface area contributed by atoms with E-state index in [1.54, 1.807) is 6.20 Å². The van der Waals surface area contributed by atoms with Gasteiger partial charge in [0.15, 0.2) is 0 Å². The number of para-hydroxylation sites is 2. The molecule has 4 nitrogen and oxygen atoms in total. The van der Waals surface area contributed by atoms with Crippen molar-refractivity contribution < 1.29 is 10.0 Å². The van der Waals surface area contributed by atoms with Gasteiger partial charge in [0.2, 0.25) is 5.91 Å². The van der Waals surface area contributed by atoms with Crippen LogP contribution in [0, 0.1) is 0 Å². The molecule has 1 amide bonds. The standard InChI is InChI=1S/C16H13BrN2O2/c17-13-6-2-3-7-14(13)18-16(20)9-11-10-19(21)15-8-4-1-5-12(11)15/h1-8,10,21H,9H2,(H,18,20). The summed E-state index contributed by atoms with van der Waals surface area (Å²) in [6.07, 6.45) is 1.78. The van der Waals surface area contributed by atoms with Crippen molar-refractivity contribution >= 4 is 38.4 Å². The van der Waals surface area contributed by atoms with E-state index in [1.807, 2.05) is 48.5 Å². The van der Waals surface area contributed by atoms with Gasteiger partial charge in [-0.3, -0.25) is 4.79 Å². The van der Waals surface area contributed by atoms with Crippen LogP contribution in [0.4, 0.5) is 5.69 Å². The number of nitrogens with one attached hydrogen (secondary N) is 1. The number of carbonyl (C=O) groups is 1. The van der Waals surface area contributed by atoms with Crippen LogP contribution in [0.1, 0.15) is 5.56 Å². The van der Waals surface area contributed by atoms with Crippen molar-refractivity contribution in [2.24, 2.45) is 0 Å². The number of rotatable bonds is 3. The number of anilines is 1. The van der Waals surface area contributed by atoms with Crippen LogP contribution in [0.2, 0.25) is 0 Å². The Morgan fingerprint density at radius 1 is 1.14 bits per heavy atom. The molecule has 0 spiro atoms. The SMILES string of the molecule is O=C(Cc1cn(O)c2ccccc12)Nc1ccccc1Br. The molecule has 1 heterocycles. The van der Waals surface area contributed by atoms with Gasteiger partial charge in [0.25, 0.3) is 0 Å². The lowest BCUT2D eigenvalue weighted by atomic mass is 10.1.